The zero-order chi connectivity index (χ0) is 26.1. The average Bonchev–Trinajstić information content (AvgIpc) is 2.84. The Bertz CT molecular complexity index is 1210. The van der Waals surface area contributed by atoms with E-state index in [0.717, 1.165) is 46.5 Å². The van der Waals surface area contributed by atoms with Gasteiger partial charge < -0.3 is 10.2 Å². The highest BCUT2D eigenvalue weighted by Gasteiger charge is 2.17. The van der Waals surface area contributed by atoms with Crippen molar-refractivity contribution in [2.45, 2.75) is 46.7 Å². The zero-order valence-corrected chi connectivity index (χ0v) is 21.8. The lowest BCUT2D eigenvalue weighted by Crippen LogP contribution is -2.04. The molecule has 0 fully saturated rings. The van der Waals surface area contributed by atoms with E-state index in [1.807, 2.05) is 0 Å². The molecule has 2 atom stereocenters. The summed E-state index contributed by atoms with van der Waals surface area (Å²) >= 11 is 3.10. The Morgan fingerprint density at radius 1 is 0.667 bits per heavy atom. The van der Waals surface area contributed by atoms with Gasteiger partial charge in [-0.2, -0.15) is 0 Å². The summed E-state index contributed by atoms with van der Waals surface area (Å²) in [4.78, 5) is 48.7. The number of carbonyl (C=O) groups excluding carboxylic acids is 4. The molecular formula is C27H24O6S3. The van der Waals surface area contributed by atoms with Crippen LogP contribution >= 0.6 is 35.3 Å². The second-order valence-electron chi connectivity index (χ2n) is 7.81. The van der Waals surface area contributed by atoms with Crippen molar-refractivity contribution in [2.24, 2.45) is 0 Å². The molecule has 6 nitrogen and oxygen atoms in total. The molecule has 9 heteroatoms. The molecule has 0 bridgehead atoms. The SMILES string of the molecule is CC(=O)Sc1ccc(C(O)CC(=O)Sc2ccc(C(O)CC(=O)Sc3ccc(C=O)cc3)cc2)cc1. The van der Waals surface area contributed by atoms with Crippen molar-refractivity contribution in [3.05, 3.63) is 89.5 Å². The molecule has 3 aromatic carbocycles. The second kappa shape index (κ2) is 13.6. The Hall–Kier alpha value is -2.69. The molecule has 2 unspecified atom stereocenters. The summed E-state index contributed by atoms with van der Waals surface area (Å²) < 4.78 is 0. The smallest absolute Gasteiger partial charge is 0.196 e. The maximum absolute atomic E-state index is 12.4. The topological polar surface area (TPSA) is 109 Å². The first-order valence-corrected chi connectivity index (χ1v) is 13.4. The van der Waals surface area contributed by atoms with E-state index in [9.17, 15) is 29.4 Å². The summed E-state index contributed by atoms with van der Waals surface area (Å²) in [5.74, 6) is 0. The van der Waals surface area contributed by atoms with Gasteiger partial charge in [0.15, 0.2) is 15.3 Å². The third-order valence-electron chi connectivity index (χ3n) is 4.99. The lowest BCUT2D eigenvalue weighted by atomic mass is 10.1. The van der Waals surface area contributed by atoms with Crippen LogP contribution in [0.3, 0.4) is 0 Å². The van der Waals surface area contributed by atoms with Crippen molar-refractivity contribution in [1.29, 1.82) is 0 Å². The van der Waals surface area contributed by atoms with E-state index in [4.69, 9.17) is 0 Å². The van der Waals surface area contributed by atoms with Crippen LogP contribution in [0.4, 0.5) is 0 Å². The third kappa shape index (κ3) is 8.76. The molecular weight excluding hydrogens is 516 g/mol. The van der Waals surface area contributed by atoms with Crippen molar-refractivity contribution in [3.63, 3.8) is 0 Å². The van der Waals surface area contributed by atoms with Gasteiger partial charge in [0.05, 0.1) is 12.2 Å². The monoisotopic (exact) mass is 540 g/mol. The van der Waals surface area contributed by atoms with Gasteiger partial charge in [0.1, 0.15) is 6.29 Å². The number of aliphatic hydroxyl groups excluding tert-OH is 2. The third-order valence-corrected chi connectivity index (χ3v) is 7.59. The quantitative estimate of drug-likeness (QED) is 0.250. The van der Waals surface area contributed by atoms with E-state index in [-0.39, 0.29) is 28.2 Å². The molecule has 3 aromatic rings. The van der Waals surface area contributed by atoms with Gasteiger partial charge in [-0.3, -0.25) is 19.2 Å². The molecule has 3 rings (SSSR count). The predicted octanol–water partition coefficient (Wildman–Crippen LogP) is 5.62. The van der Waals surface area contributed by atoms with E-state index in [1.165, 1.54) is 6.92 Å². The van der Waals surface area contributed by atoms with Gasteiger partial charge in [-0.15, -0.1) is 0 Å². The molecule has 0 aliphatic heterocycles. The van der Waals surface area contributed by atoms with Crippen LogP contribution in [0.25, 0.3) is 0 Å². The number of aldehydes is 1. The molecule has 0 aliphatic carbocycles. The van der Waals surface area contributed by atoms with E-state index >= 15 is 0 Å². The van der Waals surface area contributed by atoms with Crippen LogP contribution in [0.5, 0.6) is 0 Å². The minimum atomic E-state index is -0.986. The highest BCUT2D eigenvalue weighted by atomic mass is 32.2. The summed E-state index contributed by atoms with van der Waals surface area (Å²) in [6.07, 6.45) is -1.37. The Morgan fingerprint density at radius 3 is 1.39 bits per heavy atom. The molecule has 0 saturated carbocycles. The number of benzene rings is 3. The molecule has 0 amide bonds. The van der Waals surface area contributed by atoms with Crippen LogP contribution in [0.1, 0.15) is 53.5 Å². The molecule has 0 heterocycles. The van der Waals surface area contributed by atoms with Crippen LogP contribution in [-0.2, 0) is 14.4 Å². The summed E-state index contributed by atoms with van der Waals surface area (Å²) in [5, 5.41) is 20.4. The largest absolute Gasteiger partial charge is 0.388 e. The minimum absolute atomic E-state index is 0.0267. The summed E-state index contributed by atoms with van der Waals surface area (Å²) in [5.41, 5.74) is 1.68. The number of aliphatic hydroxyl groups is 2. The van der Waals surface area contributed by atoms with Crippen LogP contribution in [0, 0.1) is 0 Å². The number of carbonyl (C=O) groups is 4. The van der Waals surface area contributed by atoms with Gasteiger partial charge in [-0.05, 0) is 47.5 Å². The predicted molar refractivity (Wildman–Crippen MR) is 142 cm³/mol. The van der Waals surface area contributed by atoms with Crippen molar-refractivity contribution >= 4 is 56.9 Å². The molecule has 2 N–H and O–H groups in total. The molecule has 0 saturated heterocycles. The van der Waals surface area contributed by atoms with Crippen LogP contribution < -0.4 is 0 Å². The van der Waals surface area contributed by atoms with Crippen molar-refractivity contribution in [2.75, 3.05) is 0 Å². The van der Waals surface area contributed by atoms with Crippen LogP contribution in [-0.4, -0.2) is 31.8 Å². The Labute approximate surface area is 221 Å². The zero-order valence-electron chi connectivity index (χ0n) is 19.3. The second-order valence-corrected chi connectivity index (χ2v) is 11.3. The van der Waals surface area contributed by atoms with Crippen molar-refractivity contribution in [1.82, 2.24) is 0 Å². The lowest BCUT2D eigenvalue weighted by molar-refractivity contribution is -0.113. The lowest BCUT2D eigenvalue weighted by Gasteiger charge is -2.12. The summed E-state index contributed by atoms with van der Waals surface area (Å²) in [6, 6.07) is 20.2. The highest BCUT2D eigenvalue weighted by molar-refractivity contribution is 8.14. The standard InChI is InChI=1S/C27H24O6S3/c1-17(29)34-21-10-4-19(5-11-21)24(30)15-27(33)36-23-12-6-20(7-13-23)25(31)14-26(32)35-22-8-2-18(16-28)3-9-22/h2-13,16,24-25,30-31H,14-15H2,1H3. The molecule has 0 spiro atoms. The van der Waals surface area contributed by atoms with Gasteiger partial charge in [-0.25, -0.2) is 0 Å². The Balaban J connectivity index is 1.48. The van der Waals surface area contributed by atoms with E-state index < -0.39 is 12.2 Å². The van der Waals surface area contributed by atoms with Crippen LogP contribution in [0.15, 0.2) is 87.5 Å². The van der Waals surface area contributed by atoms with Gasteiger partial charge >= 0.3 is 0 Å². The van der Waals surface area contributed by atoms with E-state index in [2.05, 4.69) is 0 Å². The van der Waals surface area contributed by atoms with Gasteiger partial charge in [-0.1, -0.05) is 71.7 Å². The normalized spacial score (nSPS) is 12.5. The average molecular weight is 541 g/mol. The number of thioether (sulfide) groups is 3. The fourth-order valence-corrected chi connectivity index (χ4v) is 5.35. The first-order chi connectivity index (χ1) is 17.2. The fraction of sp³-hybridized carbons (Fsp3) is 0.185. The fourth-order valence-electron chi connectivity index (χ4n) is 3.19. The summed E-state index contributed by atoms with van der Waals surface area (Å²) in [6.45, 7) is 1.48. The Morgan fingerprint density at radius 2 is 1.03 bits per heavy atom. The molecule has 0 aromatic heterocycles. The van der Waals surface area contributed by atoms with Crippen LogP contribution in [0.2, 0.25) is 0 Å². The minimum Gasteiger partial charge on any atom is -0.388 e. The summed E-state index contributed by atoms with van der Waals surface area (Å²) in [7, 11) is 0. The van der Waals surface area contributed by atoms with E-state index in [0.29, 0.717) is 26.5 Å². The number of hydrogen-bond donors (Lipinski definition) is 2. The Kier molecular flexibility index (Phi) is 10.5. The van der Waals surface area contributed by atoms with Gasteiger partial charge in [0.2, 0.25) is 0 Å². The first kappa shape index (κ1) is 27.9. The number of rotatable bonds is 10. The van der Waals surface area contributed by atoms with Gasteiger partial charge in [0.25, 0.3) is 0 Å². The van der Waals surface area contributed by atoms with Gasteiger partial charge in [0, 0.05) is 40.0 Å². The van der Waals surface area contributed by atoms with Crippen molar-refractivity contribution in [3.8, 4) is 0 Å². The van der Waals surface area contributed by atoms with E-state index in [1.54, 1.807) is 72.8 Å². The maximum Gasteiger partial charge on any atom is 0.196 e. The maximum atomic E-state index is 12.4. The van der Waals surface area contributed by atoms with Crippen molar-refractivity contribution < 1.29 is 29.4 Å². The number of hydrogen-bond acceptors (Lipinski definition) is 9. The molecule has 186 valence electrons. The molecule has 36 heavy (non-hydrogen) atoms. The molecule has 0 radical (unpaired) electrons. The molecule has 0 aliphatic rings. The first-order valence-electron chi connectivity index (χ1n) is 10.9. The highest BCUT2D eigenvalue weighted by Crippen LogP contribution is 2.30.